The maximum absolute atomic E-state index is 12.5. The SMILES string of the molecule is Cc1nc2ccc(NC(=O)c3nc(-c4cccs4)oc3C)cc2s1. The van der Waals surface area contributed by atoms with Crippen molar-refractivity contribution < 1.29 is 9.21 Å². The molecule has 4 aromatic rings. The molecule has 1 aromatic carbocycles. The summed E-state index contributed by atoms with van der Waals surface area (Å²) in [6.45, 7) is 3.71. The fraction of sp³-hybridized carbons (Fsp3) is 0.118. The van der Waals surface area contributed by atoms with Gasteiger partial charge in [0.05, 0.1) is 20.1 Å². The highest BCUT2D eigenvalue weighted by molar-refractivity contribution is 7.18. The molecule has 4 rings (SSSR count). The normalized spacial score (nSPS) is 11.1. The standard InChI is InChI=1S/C17H13N3O2S2/c1-9-15(20-17(22-9)13-4-3-7-23-13)16(21)19-11-5-6-12-14(8-11)24-10(2)18-12/h3-8H,1-2H3,(H,19,21). The summed E-state index contributed by atoms with van der Waals surface area (Å²) in [6.07, 6.45) is 0. The maximum Gasteiger partial charge on any atom is 0.277 e. The van der Waals surface area contributed by atoms with Crippen LogP contribution >= 0.6 is 22.7 Å². The molecule has 0 radical (unpaired) electrons. The Bertz CT molecular complexity index is 1030. The van der Waals surface area contributed by atoms with Crippen LogP contribution in [0.5, 0.6) is 0 Å². The van der Waals surface area contributed by atoms with Gasteiger partial charge in [0.2, 0.25) is 5.89 Å². The van der Waals surface area contributed by atoms with E-state index >= 15 is 0 Å². The highest BCUT2D eigenvalue weighted by Crippen LogP contribution is 2.27. The predicted octanol–water partition coefficient (Wildman–Crippen LogP) is 4.88. The molecule has 0 aliphatic rings. The molecule has 0 saturated heterocycles. The minimum atomic E-state index is -0.278. The third-order valence-corrected chi connectivity index (χ3v) is 5.29. The zero-order chi connectivity index (χ0) is 16.7. The molecule has 0 unspecified atom stereocenters. The third-order valence-electron chi connectivity index (χ3n) is 3.50. The Morgan fingerprint density at radius 2 is 2.08 bits per heavy atom. The Balaban J connectivity index is 1.61. The van der Waals surface area contributed by atoms with Crippen molar-refractivity contribution in [2.24, 2.45) is 0 Å². The number of benzene rings is 1. The summed E-state index contributed by atoms with van der Waals surface area (Å²) in [7, 11) is 0. The van der Waals surface area contributed by atoms with Crippen LogP contribution < -0.4 is 5.32 Å². The van der Waals surface area contributed by atoms with Crippen molar-refractivity contribution in [3.63, 3.8) is 0 Å². The van der Waals surface area contributed by atoms with Crippen molar-refractivity contribution in [2.75, 3.05) is 5.32 Å². The summed E-state index contributed by atoms with van der Waals surface area (Å²) in [6, 6.07) is 9.51. The van der Waals surface area contributed by atoms with Crippen LogP contribution in [0.3, 0.4) is 0 Å². The zero-order valence-corrected chi connectivity index (χ0v) is 14.6. The highest BCUT2D eigenvalue weighted by Gasteiger charge is 2.19. The van der Waals surface area contributed by atoms with Gasteiger partial charge in [-0.2, -0.15) is 0 Å². The zero-order valence-electron chi connectivity index (χ0n) is 13.0. The van der Waals surface area contributed by atoms with Crippen LogP contribution in [0.25, 0.3) is 21.0 Å². The number of aryl methyl sites for hydroxylation is 2. The number of oxazole rings is 1. The van der Waals surface area contributed by atoms with E-state index in [2.05, 4.69) is 15.3 Å². The number of thiazole rings is 1. The van der Waals surface area contributed by atoms with Crippen molar-refractivity contribution >= 4 is 44.5 Å². The Morgan fingerprint density at radius 3 is 2.88 bits per heavy atom. The summed E-state index contributed by atoms with van der Waals surface area (Å²) in [5, 5.41) is 5.83. The van der Waals surface area contributed by atoms with Crippen molar-refractivity contribution in [1.29, 1.82) is 0 Å². The lowest BCUT2D eigenvalue weighted by molar-refractivity contribution is 0.102. The van der Waals surface area contributed by atoms with E-state index in [1.165, 1.54) is 11.3 Å². The Hall–Kier alpha value is -2.51. The van der Waals surface area contributed by atoms with Crippen molar-refractivity contribution in [3.8, 4) is 10.8 Å². The van der Waals surface area contributed by atoms with Gasteiger partial charge < -0.3 is 9.73 Å². The van der Waals surface area contributed by atoms with Gasteiger partial charge in [-0.1, -0.05) is 6.07 Å². The first-order valence-corrected chi connectivity index (χ1v) is 8.99. The first kappa shape index (κ1) is 15.0. The van der Waals surface area contributed by atoms with Gasteiger partial charge in [-0.3, -0.25) is 4.79 Å². The summed E-state index contributed by atoms with van der Waals surface area (Å²) < 4.78 is 6.66. The van der Waals surface area contributed by atoms with E-state index in [9.17, 15) is 4.79 Å². The van der Waals surface area contributed by atoms with E-state index in [4.69, 9.17) is 4.42 Å². The highest BCUT2D eigenvalue weighted by atomic mass is 32.1. The molecule has 0 saturated carbocycles. The number of carbonyl (C=O) groups is 1. The van der Waals surface area contributed by atoms with Gasteiger partial charge in [0.1, 0.15) is 5.76 Å². The number of nitrogens with one attached hydrogen (secondary N) is 1. The van der Waals surface area contributed by atoms with Crippen molar-refractivity contribution in [2.45, 2.75) is 13.8 Å². The molecule has 24 heavy (non-hydrogen) atoms. The fourth-order valence-corrected chi connectivity index (χ4v) is 3.94. The lowest BCUT2D eigenvalue weighted by atomic mass is 10.2. The van der Waals surface area contributed by atoms with Crippen LogP contribution in [-0.2, 0) is 0 Å². The van der Waals surface area contributed by atoms with Gasteiger partial charge in [0, 0.05) is 5.69 Å². The van der Waals surface area contributed by atoms with Crippen LogP contribution in [0, 0.1) is 13.8 Å². The van der Waals surface area contributed by atoms with Gasteiger partial charge in [-0.15, -0.1) is 22.7 Å². The van der Waals surface area contributed by atoms with E-state index < -0.39 is 0 Å². The monoisotopic (exact) mass is 355 g/mol. The van der Waals surface area contributed by atoms with Crippen molar-refractivity contribution in [3.05, 3.63) is 52.2 Å². The summed E-state index contributed by atoms with van der Waals surface area (Å²) in [5.41, 5.74) is 1.96. The molecule has 120 valence electrons. The Labute approximate surface area is 146 Å². The number of carbonyl (C=O) groups excluding carboxylic acids is 1. The average Bonchev–Trinajstić information content (AvgIpc) is 3.24. The van der Waals surface area contributed by atoms with Gasteiger partial charge in [-0.05, 0) is 43.5 Å². The molecule has 1 N–H and O–H groups in total. The van der Waals surface area contributed by atoms with Crippen LogP contribution in [0.15, 0.2) is 40.1 Å². The number of thiophene rings is 1. The minimum absolute atomic E-state index is 0.278. The molecule has 1 amide bonds. The van der Waals surface area contributed by atoms with E-state index in [1.807, 2.05) is 42.6 Å². The lowest BCUT2D eigenvalue weighted by Crippen LogP contribution is -2.13. The molecule has 0 fully saturated rings. The van der Waals surface area contributed by atoms with Crippen LogP contribution in [0.1, 0.15) is 21.3 Å². The molecule has 0 aliphatic heterocycles. The first-order chi connectivity index (χ1) is 11.6. The molecule has 0 aliphatic carbocycles. The molecule has 7 heteroatoms. The number of rotatable bonds is 3. The van der Waals surface area contributed by atoms with E-state index in [0.717, 1.165) is 25.8 Å². The predicted molar refractivity (Wildman–Crippen MR) is 96.9 cm³/mol. The average molecular weight is 355 g/mol. The van der Waals surface area contributed by atoms with Crippen LogP contribution in [-0.4, -0.2) is 15.9 Å². The number of fused-ring (bicyclic) bond motifs is 1. The Morgan fingerprint density at radius 1 is 1.21 bits per heavy atom. The Kier molecular flexibility index (Phi) is 3.66. The molecule has 0 bridgehead atoms. The second kappa shape index (κ2) is 5.85. The largest absolute Gasteiger partial charge is 0.440 e. The molecule has 3 heterocycles. The number of aromatic nitrogens is 2. The third kappa shape index (κ3) is 2.72. The molecule has 3 aromatic heterocycles. The minimum Gasteiger partial charge on any atom is -0.440 e. The number of anilines is 1. The topological polar surface area (TPSA) is 68.0 Å². The summed E-state index contributed by atoms with van der Waals surface area (Å²) >= 11 is 3.12. The maximum atomic E-state index is 12.5. The second-order valence-corrected chi connectivity index (χ2v) is 7.45. The molecule has 0 spiro atoms. The fourth-order valence-electron chi connectivity index (χ4n) is 2.42. The number of hydrogen-bond donors (Lipinski definition) is 1. The van der Waals surface area contributed by atoms with E-state index in [-0.39, 0.29) is 5.91 Å². The quantitative estimate of drug-likeness (QED) is 0.568. The van der Waals surface area contributed by atoms with Gasteiger partial charge in [0.25, 0.3) is 5.91 Å². The lowest BCUT2D eigenvalue weighted by Gasteiger charge is -2.03. The number of amides is 1. The van der Waals surface area contributed by atoms with Crippen molar-refractivity contribution in [1.82, 2.24) is 9.97 Å². The second-order valence-electron chi connectivity index (χ2n) is 5.27. The summed E-state index contributed by atoms with van der Waals surface area (Å²) in [5.74, 6) is 0.700. The van der Waals surface area contributed by atoms with Crippen LogP contribution in [0.4, 0.5) is 5.69 Å². The molecular formula is C17H13N3O2S2. The smallest absolute Gasteiger partial charge is 0.277 e. The van der Waals surface area contributed by atoms with E-state index in [1.54, 1.807) is 18.3 Å². The molecular weight excluding hydrogens is 342 g/mol. The number of hydrogen-bond acceptors (Lipinski definition) is 6. The van der Waals surface area contributed by atoms with E-state index in [0.29, 0.717) is 17.3 Å². The van der Waals surface area contributed by atoms with Crippen LogP contribution in [0.2, 0.25) is 0 Å². The van der Waals surface area contributed by atoms with Gasteiger partial charge in [0.15, 0.2) is 5.69 Å². The molecule has 5 nitrogen and oxygen atoms in total. The molecule has 0 atom stereocenters. The first-order valence-electron chi connectivity index (χ1n) is 7.30. The van der Waals surface area contributed by atoms with Gasteiger partial charge >= 0.3 is 0 Å². The number of nitrogens with zero attached hydrogens (tertiary/aromatic N) is 2. The van der Waals surface area contributed by atoms with Gasteiger partial charge in [-0.25, -0.2) is 9.97 Å². The summed E-state index contributed by atoms with van der Waals surface area (Å²) in [4.78, 5) is 22.2.